The minimum Gasteiger partial charge on any atom is -0.371 e. The zero-order valence-corrected chi connectivity index (χ0v) is 13.1. The molecule has 0 unspecified atom stereocenters. The predicted octanol–water partition coefficient (Wildman–Crippen LogP) is 2.91. The Balaban J connectivity index is 1.71. The number of rotatable bonds is 3. The Morgan fingerprint density at radius 3 is 2.73 bits per heavy atom. The molecule has 5 nitrogen and oxygen atoms in total. The molecule has 1 amide bonds. The maximum Gasteiger partial charge on any atom is 0.273 e. The number of piperidine rings is 1. The second-order valence-electron chi connectivity index (χ2n) is 6.01. The summed E-state index contributed by atoms with van der Waals surface area (Å²) in [6, 6.07) is 9.78. The van der Waals surface area contributed by atoms with E-state index >= 15 is 0 Å². The van der Waals surface area contributed by atoms with Gasteiger partial charge in [0.1, 0.15) is 5.69 Å². The average Bonchev–Trinajstić information content (AvgIpc) is 2.94. The van der Waals surface area contributed by atoms with Crippen molar-refractivity contribution in [3.63, 3.8) is 0 Å². The van der Waals surface area contributed by atoms with Crippen LogP contribution in [0.25, 0.3) is 0 Å². The highest BCUT2D eigenvalue weighted by atomic mass is 16.2. The second-order valence-corrected chi connectivity index (χ2v) is 6.01. The summed E-state index contributed by atoms with van der Waals surface area (Å²) < 4.78 is 1.57. The third-order valence-electron chi connectivity index (χ3n) is 4.31. The molecule has 1 aliphatic heterocycles. The van der Waals surface area contributed by atoms with E-state index in [0.717, 1.165) is 24.7 Å². The van der Waals surface area contributed by atoms with Gasteiger partial charge in [0.05, 0.1) is 0 Å². The largest absolute Gasteiger partial charge is 0.371 e. The molecule has 3 rings (SSSR count). The third kappa shape index (κ3) is 3.13. The van der Waals surface area contributed by atoms with Gasteiger partial charge in [0, 0.05) is 37.7 Å². The van der Waals surface area contributed by atoms with E-state index in [-0.39, 0.29) is 5.91 Å². The Morgan fingerprint density at radius 2 is 2.05 bits per heavy atom. The number of carbonyl (C=O) groups excluding carboxylic acids is 1. The maximum absolute atomic E-state index is 12.2. The molecule has 0 spiro atoms. The first-order valence-electron chi connectivity index (χ1n) is 7.78. The molecular weight excluding hydrogens is 276 g/mol. The van der Waals surface area contributed by atoms with E-state index in [2.05, 4.69) is 28.3 Å². The van der Waals surface area contributed by atoms with E-state index in [1.807, 2.05) is 18.2 Å². The van der Waals surface area contributed by atoms with Crippen molar-refractivity contribution < 1.29 is 4.79 Å². The number of amides is 1. The maximum atomic E-state index is 12.2. The van der Waals surface area contributed by atoms with Crippen LogP contribution in [0.4, 0.5) is 11.4 Å². The first kappa shape index (κ1) is 14.6. The van der Waals surface area contributed by atoms with E-state index < -0.39 is 0 Å². The molecule has 0 saturated carbocycles. The highest BCUT2D eigenvalue weighted by Gasteiger charge is 2.16. The van der Waals surface area contributed by atoms with E-state index in [1.54, 1.807) is 24.0 Å². The Labute approximate surface area is 130 Å². The molecule has 1 fully saturated rings. The summed E-state index contributed by atoms with van der Waals surface area (Å²) in [5.74, 6) is 0.674. The van der Waals surface area contributed by atoms with E-state index in [0.29, 0.717) is 5.69 Å². The molecule has 1 N–H and O–H groups in total. The minimum atomic E-state index is -0.135. The predicted molar refractivity (Wildman–Crippen MR) is 88.2 cm³/mol. The van der Waals surface area contributed by atoms with Gasteiger partial charge in [0.15, 0.2) is 0 Å². The monoisotopic (exact) mass is 298 g/mol. The highest BCUT2D eigenvalue weighted by Crippen LogP contribution is 2.25. The standard InChI is InChI=1S/C17H22N4O/c1-13-7-10-21(11-8-13)15-5-3-4-14(12-15)19-17(22)16-6-9-18-20(16)2/h3-6,9,12-13H,7-8,10-11H2,1-2H3,(H,19,22). The number of nitrogens with one attached hydrogen (secondary N) is 1. The van der Waals surface area contributed by atoms with E-state index in [4.69, 9.17) is 0 Å². The quantitative estimate of drug-likeness (QED) is 0.948. The van der Waals surface area contributed by atoms with Crippen LogP contribution in [0.5, 0.6) is 0 Å². The average molecular weight is 298 g/mol. The fraction of sp³-hybridized carbons (Fsp3) is 0.412. The Morgan fingerprint density at radius 1 is 1.27 bits per heavy atom. The Bertz CT molecular complexity index is 656. The Hall–Kier alpha value is -2.30. The van der Waals surface area contributed by atoms with Crippen molar-refractivity contribution in [1.82, 2.24) is 9.78 Å². The molecule has 0 aliphatic carbocycles. The smallest absolute Gasteiger partial charge is 0.273 e. The molecule has 2 heterocycles. The van der Waals surface area contributed by atoms with Crippen LogP contribution in [-0.2, 0) is 7.05 Å². The molecule has 116 valence electrons. The minimum absolute atomic E-state index is 0.135. The number of anilines is 2. The summed E-state index contributed by atoms with van der Waals surface area (Å²) in [6.45, 7) is 4.47. The first-order valence-corrected chi connectivity index (χ1v) is 7.78. The van der Waals surface area contributed by atoms with Crippen molar-refractivity contribution in [2.24, 2.45) is 13.0 Å². The SMILES string of the molecule is CC1CCN(c2cccc(NC(=O)c3ccnn3C)c2)CC1. The molecule has 1 aromatic heterocycles. The van der Waals surface area contributed by atoms with Crippen LogP contribution in [0.15, 0.2) is 36.5 Å². The summed E-state index contributed by atoms with van der Waals surface area (Å²) in [5, 5.41) is 6.97. The molecule has 1 saturated heterocycles. The second kappa shape index (κ2) is 6.22. The lowest BCUT2D eigenvalue weighted by atomic mass is 9.99. The molecular formula is C17H22N4O. The number of hydrogen-bond acceptors (Lipinski definition) is 3. The van der Waals surface area contributed by atoms with Crippen molar-refractivity contribution in [3.05, 3.63) is 42.2 Å². The summed E-state index contributed by atoms with van der Waals surface area (Å²) >= 11 is 0. The summed E-state index contributed by atoms with van der Waals surface area (Å²) in [7, 11) is 1.76. The van der Waals surface area contributed by atoms with Crippen molar-refractivity contribution in [1.29, 1.82) is 0 Å². The van der Waals surface area contributed by atoms with E-state index in [9.17, 15) is 4.79 Å². The van der Waals surface area contributed by atoms with Gasteiger partial charge in [-0.1, -0.05) is 13.0 Å². The van der Waals surface area contributed by atoms with Gasteiger partial charge in [-0.05, 0) is 43.0 Å². The molecule has 22 heavy (non-hydrogen) atoms. The van der Waals surface area contributed by atoms with Crippen molar-refractivity contribution >= 4 is 17.3 Å². The lowest BCUT2D eigenvalue weighted by Crippen LogP contribution is -2.32. The number of aryl methyl sites for hydroxylation is 1. The van der Waals surface area contributed by atoms with Crippen LogP contribution in [0.2, 0.25) is 0 Å². The van der Waals surface area contributed by atoms with Crippen molar-refractivity contribution in [2.75, 3.05) is 23.3 Å². The van der Waals surface area contributed by atoms with Crippen LogP contribution >= 0.6 is 0 Å². The van der Waals surface area contributed by atoms with Crippen LogP contribution in [0.3, 0.4) is 0 Å². The van der Waals surface area contributed by atoms with E-state index in [1.165, 1.54) is 18.5 Å². The van der Waals surface area contributed by atoms with Gasteiger partial charge in [-0.15, -0.1) is 0 Å². The number of carbonyl (C=O) groups is 1. The summed E-state index contributed by atoms with van der Waals surface area (Å²) in [6.07, 6.45) is 4.08. The molecule has 1 aliphatic rings. The molecule has 2 aromatic rings. The van der Waals surface area contributed by atoms with Gasteiger partial charge < -0.3 is 10.2 Å². The summed E-state index contributed by atoms with van der Waals surface area (Å²) in [5.41, 5.74) is 2.55. The van der Waals surface area contributed by atoms with Crippen LogP contribution in [0.1, 0.15) is 30.3 Å². The zero-order chi connectivity index (χ0) is 15.5. The Kier molecular flexibility index (Phi) is 4.13. The first-order chi connectivity index (χ1) is 10.6. The lowest BCUT2D eigenvalue weighted by molar-refractivity contribution is 0.101. The number of hydrogen-bond donors (Lipinski definition) is 1. The summed E-state index contributed by atoms with van der Waals surface area (Å²) in [4.78, 5) is 14.6. The van der Waals surface area contributed by atoms with Gasteiger partial charge in [-0.2, -0.15) is 5.10 Å². The molecule has 0 bridgehead atoms. The number of nitrogens with zero attached hydrogens (tertiary/aromatic N) is 3. The fourth-order valence-electron chi connectivity index (χ4n) is 2.84. The molecule has 5 heteroatoms. The topological polar surface area (TPSA) is 50.2 Å². The number of benzene rings is 1. The molecule has 1 aromatic carbocycles. The van der Waals surface area contributed by atoms with Gasteiger partial charge in [0.2, 0.25) is 0 Å². The normalized spacial score (nSPS) is 15.8. The fourth-order valence-corrected chi connectivity index (χ4v) is 2.84. The lowest BCUT2D eigenvalue weighted by Gasteiger charge is -2.32. The van der Waals surface area contributed by atoms with Gasteiger partial charge >= 0.3 is 0 Å². The number of aromatic nitrogens is 2. The van der Waals surface area contributed by atoms with Crippen molar-refractivity contribution in [2.45, 2.75) is 19.8 Å². The zero-order valence-electron chi connectivity index (χ0n) is 13.1. The molecule has 0 radical (unpaired) electrons. The van der Waals surface area contributed by atoms with Crippen LogP contribution < -0.4 is 10.2 Å². The van der Waals surface area contributed by atoms with Crippen LogP contribution in [0, 0.1) is 5.92 Å². The highest BCUT2D eigenvalue weighted by molar-refractivity contribution is 6.03. The van der Waals surface area contributed by atoms with Crippen LogP contribution in [-0.4, -0.2) is 28.8 Å². The van der Waals surface area contributed by atoms with Crippen molar-refractivity contribution in [3.8, 4) is 0 Å². The van der Waals surface area contributed by atoms with Gasteiger partial charge in [-0.25, -0.2) is 0 Å². The third-order valence-corrected chi connectivity index (χ3v) is 4.31. The van der Waals surface area contributed by atoms with Gasteiger partial charge in [-0.3, -0.25) is 9.48 Å². The van der Waals surface area contributed by atoms with Gasteiger partial charge in [0.25, 0.3) is 5.91 Å². The molecule has 0 atom stereocenters.